The summed E-state index contributed by atoms with van der Waals surface area (Å²) in [5.74, 6) is -3.18. The minimum atomic E-state index is -1.51. The van der Waals surface area contributed by atoms with Gasteiger partial charge in [-0.15, -0.1) is 11.8 Å². The number of aliphatic imine (C=N–C) groups is 1. The lowest BCUT2D eigenvalue weighted by Gasteiger charge is -2.24. The molecule has 1 aromatic rings. The van der Waals surface area contributed by atoms with E-state index in [1.165, 1.54) is 0 Å². The van der Waals surface area contributed by atoms with Gasteiger partial charge in [-0.3, -0.25) is 15.1 Å². The molecule has 1 aromatic carbocycles. The highest BCUT2D eigenvalue weighted by Crippen LogP contribution is 2.39. The van der Waals surface area contributed by atoms with E-state index in [4.69, 9.17) is 0 Å². The molecule has 3 atom stereocenters. The third-order valence-corrected chi connectivity index (χ3v) is 5.20. The molecule has 130 valence electrons. The van der Waals surface area contributed by atoms with Gasteiger partial charge in [0.1, 0.15) is 12.1 Å². The third-order valence-electron chi connectivity index (χ3n) is 3.71. The highest BCUT2D eigenvalue weighted by atomic mass is 32.2. The summed E-state index contributed by atoms with van der Waals surface area (Å²) in [5, 5.41) is 34.6. The molecule has 0 saturated carbocycles. The molecule has 1 fully saturated rings. The number of rotatable bonds is 6. The Labute approximate surface area is 143 Å². The highest BCUT2D eigenvalue weighted by molar-refractivity contribution is 8.01. The number of benzene rings is 1. The number of thioether (sulfide) groups is 1. The second-order valence-corrected chi connectivity index (χ2v) is 7.82. The number of carboxylic acids is 2. The fourth-order valence-corrected chi connectivity index (χ4v) is 4.00. The average Bonchev–Trinajstić information content (AvgIpc) is 2.81. The predicted octanol–water partition coefficient (Wildman–Crippen LogP) is -0.999. The molecule has 0 amide bonds. The molecule has 2 N–H and O–H groups in total. The van der Waals surface area contributed by atoms with E-state index in [9.17, 15) is 24.9 Å². The van der Waals surface area contributed by atoms with E-state index >= 15 is 0 Å². The van der Waals surface area contributed by atoms with Gasteiger partial charge >= 0.3 is 5.97 Å². The van der Waals surface area contributed by atoms with Crippen molar-refractivity contribution in [1.82, 2.24) is 5.32 Å². The van der Waals surface area contributed by atoms with Crippen LogP contribution in [-0.2, 0) is 16.0 Å². The number of nitrogens with zero attached hydrogens (tertiary/aromatic N) is 1. The first-order valence-electron chi connectivity index (χ1n) is 7.36. The zero-order chi connectivity index (χ0) is 17.9. The maximum absolute atomic E-state index is 12.0. The van der Waals surface area contributed by atoms with E-state index in [2.05, 4.69) is 10.3 Å². The molecule has 0 radical (unpaired) electrons. The van der Waals surface area contributed by atoms with Gasteiger partial charge in [0.25, 0.3) is 0 Å². The van der Waals surface area contributed by atoms with Crippen LogP contribution in [-0.4, -0.2) is 45.1 Å². The van der Waals surface area contributed by atoms with Crippen molar-refractivity contribution in [2.24, 2.45) is 4.99 Å². The van der Waals surface area contributed by atoms with Crippen LogP contribution < -0.4 is 15.5 Å². The molecule has 1 heterocycles. The number of nitrogens with one attached hydrogen (secondary N) is 1. The molecule has 7 nitrogen and oxygen atoms in total. The molecule has 0 spiro atoms. The summed E-state index contributed by atoms with van der Waals surface area (Å²) in [4.78, 5) is 26.4. The van der Waals surface area contributed by atoms with Crippen molar-refractivity contribution in [3.63, 3.8) is 0 Å². The summed E-state index contributed by atoms with van der Waals surface area (Å²) < 4.78 is -0.734. The van der Waals surface area contributed by atoms with Crippen LogP contribution in [0, 0.1) is 0 Å². The molecule has 1 aliphatic rings. The van der Waals surface area contributed by atoms with E-state index in [1.807, 2.05) is 6.07 Å². The average molecular weight is 350 g/mol. The van der Waals surface area contributed by atoms with Crippen LogP contribution >= 0.6 is 11.8 Å². The minimum Gasteiger partial charge on any atom is -0.862 e. The van der Waals surface area contributed by atoms with Gasteiger partial charge in [-0.25, -0.2) is 0 Å². The van der Waals surface area contributed by atoms with Crippen LogP contribution in [0.3, 0.4) is 0 Å². The molecular weight excluding hydrogens is 332 g/mol. The second-order valence-electron chi connectivity index (χ2n) is 6.03. The van der Waals surface area contributed by atoms with Crippen molar-refractivity contribution < 1.29 is 24.9 Å². The molecule has 0 aliphatic carbocycles. The summed E-state index contributed by atoms with van der Waals surface area (Å²) in [7, 11) is 0. The first-order chi connectivity index (χ1) is 11.2. The van der Waals surface area contributed by atoms with Crippen molar-refractivity contribution in [2.45, 2.75) is 42.5 Å². The molecule has 2 rings (SSSR count). The number of carboxylic acid groups (broad SMARTS) is 2. The molecule has 1 saturated heterocycles. The summed E-state index contributed by atoms with van der Waals surface area (Å²) in [6, 6.07) is 6.45. The maximum atomic E-state index is 12.0. The second kappa shape index (κ2) is 7.23. The maximum Gasteiger partial charge on any atom is 0.322 e. The monoisotopic (exact) mass is 350 g/mol. The number of aliphatic carboxylic acids is 2. The van der Waals surface area contributed by atoms with Crippen molar-refractivity contribution in [1.29, 1.82) is 0 Å². The Bertz CT molecular complexity index is 647. The zero-order valence-electron chi connectivity index (χ0n) is 13.3. The Morgan fingerprint density at radius 3 is 2.46 bits per heavy atom. The Hall–Kier alpha value is -2.06. The van der Waals surface area contributed by atoms with Crippen LogP contribution in [0.15, 0.2) is 35.3 Å². The summed E-state index contributed by atoms with van der Waals surface area (Å²) in [6.45, 7) is 3.39. The van der Waals surface area contributed by atoms with Crippen LogP contribution in [0.2, 0.25) is 0 Å². The third kappa shape index (κ3) is 4.27. The number of hydrogen-bond acceptors (Lipinski definition) is 7. The molecule has 1 unspecified atom stereocenters. The normalized spacial score (nSPS) is 24.5. The van der Waals surface area contributed by atoms with Crippen LogP contribution in [0.4, 0.5) is 0 Å². The van der Waals surface area contributed by atoms with Gasteiger partial charge in [0.15, 0.2) is 0 Å². The van der Waals surface area contributed by atoms with E-state index in [1.54, 1.807) is 38.1 Å². The Morgan fingerprint density at radius 1 is 1.33 bits per heavy atom. The van der Waals surface area contributed by atoms with Gasteiger partial charge in [-0.05, 0) is 25.3 Å². The summed E-state index contributed by atoms with van der Waals surface area (Å²) >= 11 is 1.13. The van der Waals surface area contributed by atoms with Crippen molar-refractivity contribution in [3.8, 4) is 0 Å². The Kier molecular flexibility index (Phi) is 5.51. The quantitative estimate of drug-likeness (QED) is 0.498. The van der Waals surface area contributed by atoms with Gasteiger partial charge in [0.2, 0.25) is 0 Å². The lowest BCUT2D eigenvalue weighted by atomic mass is 10.0. The van der Waals surface area contributed by atoms with Crippen molar-refractivity contribution in [3.05, 3.63) is 35.9 Å². The van der Waals surface area contributed by atoms with Gasteiger partial charge in [-0.1, -0.05) is 30.3 Å². The standard InChI is InChI=1S/C16H20N2O5S/c1-16(2)12(15(22)23)18-13(24-16)11(14(20)21)17-10(19)8-9-6-4-3-5-7-9/h3-7,11-13,18H,8H2,1-2H3,(H,17,19)(H,20,21)(H,22,23)/p-2/t11?,12-,13+/m0/s1. The van der Waals surface area contributed by atoms with Crippen LogP contribution in [0.5, 0.6) is 0 Å². The van der Waals surface area contributed by atoms with E-state index < -0.39 is 40.0 Å². The zero-order valence-corrected chi connectivity index (χ0v) is 14.1. The van der Waals surface area contributed by atoms with Gasteiger partial charge in [0, 0.05) is 11.2 Å². The largest absolute Gasteiger partial charge is 0.862 e. The summed E-state index contributed by atoms with van der Waals surface area (Å²) in [5.41, 5.74) is 0.721. The SMILES string of the molecule is CC1(C)S[C@H](C(N=C([O-])Cc2ccccc2)C(=O)[O-])N[C@H]1C(=O)O. The molecule has 0 bridgehead atoms. The predicted molar refractivity (Wildman–Crippen MR) is 86.4 cm³/mol. The van der Waals surface area contributed by atoms with E-state index in [0.29, 0.717) is 0 Å². The molecule has 24 heavy (non-hydrogen) atoms. The number of carbonyl (C=O) groups is 2. The lowest BCUT2D eigenvalue weighted by Crippen LogP contribution is -2.50. The molecule has 0 aromatic heterocycles. The van der Waals surface area contributed by atoms with Crippen LogP contribution in [0.1, 0.15) is 19.4 Å². The number of carbonyl (C=O) groups excluding carboxylic acids is 1. The van der Waals surface area contributed by atoms with Crippen LogP contribution in [0.25, 0.3) is 0 Å². The van der Waals surface area contributed by atoms with E-state index in [-0.39, 0.29) is 6.42 Å². The highest BCUT2D eigenvalue weighted by Gasteiger charge is 2.47. The van der Waals surface area contributed by atoms with Gasteiger partial charge < -0.3 is 20.1 Å². The first kappa shape index (κ1) is 18.3. The molecular formula is C16H18N2O5S-2. The smallest absolute Gasteiger partial charge is 0.322 e. The van der Waals surface area contributed by atoms with Crippen molar-refractivity contribution >= 4 is 29.6 Å². The minimum absolute atomic E-state index is 0.0201. The number of hydrogen-bond donors (Lipinski definition) is 2. The fraction of sp³-hybridized carbons (Fsp3) is 0.438. The van der Waals surface area contributed by atoms with Gasteiger partial charge in [0.05, 0.1) is 11.3 Å². The van der Waals surface area contributed by atoms with Gasteiger partial charge in [-0.2, -0.15) is 0 Å². The Morgan fingerprint density at radius 2 is 1.96 bits per heavy atom. The molecule has 1 aliphatic heterocycles. The van der Waals surface area contributed by atoms with Crippen molar-refractivity contribution in [2.75, 3.05) is 0 Å². The molecule has 8 heteroatoms. The van der Waals surface area contributed by atoms with E-state index in [0.717, 1.165) is 17.3 Å². The Balaban J connectivity index is 2.17. The lowest BCUT2D eigenvalue weighted by molar-refractivity contribution is -0.307. The topological polar surface area (TPSA) is 125 Å². The summed E-state index contributed by atoms with van der Waals surface area (Å²) in [6.07, 6.45) is -0.0201. The first-order valence-corrected chi connectivity index (χ1v) is 8.24. The fourth-order valence-electron chi connectivity index (χ4n) is 2.53.